The lowest BCUT2D eigenvalue weighted by molar-refractivity contribution is 0.0837. The number of nitrogens with zero attached hydrogens (tertiary/aromatic N) is 3. The van der Waals surface area contributed by atoms with Crippen LogP contribution in [0.3, 0.4) is 0 Å². The Bertz CT molecular complexity index is 696. The van der Waals surface area contributed by atoms with Crippen molar-refractivity contribution < 1.29 is 4.74 Å². The van der Waals surface area contributed by atoms with Gasteiger partial charge in [0.1, 0.15) is 6.10 Å². The van der Waals surface area contributed by atoms with Crippen LogP contribution in [0.5, 0.6) is 0 Å². The Balaban J connectivity index is 1.34. The zero-order valence-electron chi connectivity index (χ0n) is 14.4. The van der Waals surface area contributed by atoms with Gasteiger partial charge in [0.25, 0.3) is 0 Å². The minimum absolute atomic E-state index is 0.154. The van der Waals surface area contributed by atoms with Crippen LogP contribution in [0, 0.1) is 5.92 Å². The molecule has 128 valence electrons. The average molecular weight is 326 g/mol. The Morgan fingerprint density at radius 3 is 3.04 bits per heavy atom. The zero-order valence-corrected chi connectivity index (χ0v) is 14.4. The number of rotatable bonds is 5. The lowest BCUT2D eigenvalue weighted by atomic mass is 9.96. The molecule has 2 atom stereocenters. The SMILES string of the molecule is Cn1nccc1[C@@H]1OCC[C@H]1CNCc1ccc2c(n1)CCCC2. The number of hydrogen-bond acceptors (Lipinski definition) is 4. The van der Waals surface area contributed by atoms with Gasteiger partial charge in [0, 0.05) is 44.6 Å². The summed E-state index contributed by atoms with van der Waals surface area (Å²) in [4.78, 5) is 4.85. The van der Waals surface area contributed by atoms with Crippen LogP contribution in [0.15, 0.2) is 24.4 Å². The molecule has 0 amide bonds. The minimum atomic E-state index is 0.154. The Morgan fingerprint density at radius 2 is 2.17 bits per heavy atom. The first-order valence-electron chi connectivity index (χ1n) is 9.09. The molecule has 0 bridgehead atoms. The Morgan fingerprint density at radius 1 is 1.25 bits per heavy atom. The van der Waals surface area contributed by atoms with Crippen molar-refractivity contribution in [1.29, 1.82) is 0 Å². The van der Waals surface area contributed by atoms with Crippen molar-refractivity contribution in [2.24, 2.45) is 13.0 Å². The minimum Gasteiger partial charge on any atom is -0.372 e. The van der Waals surface area contributed by atoms with Gasteiger partial charge in [0.15, 0.2) is 0 Å². The monoisotopic (exact) mass is 326 g/mol. The fourth-order valence-corrected chi connectivity index (χ4v) is 3.94. The van der Waals surface area contributed by atoms with Gasteiger partial charge < -0.3 is 10.1 Å². The van der Waals surface area contributed by atoms with Gasteiger partial charge in [-0.3, -0.25) is 9.67 Å². The molecule has 5 nitrogen and oxygen atoms in total. The summed E-state index contributed by atoms with van der Waals surface area (Å²) < 4.78 is 7.88. The molecule has 4 rings (SSSR count). The van der Waals surface area contributed by atoms with E-state index >= 15 is 0 Å². The predicted octanol–water partition coefficient (Wildman–Crippen LogP) is 2.56. The smallest absolute Gasteiger partial charge is 0.103 e. The molecule has 1 N–H and O–H groups in total. The molecule has 1 aliphatic heterocycles. The third-order valence-electron chi connectivity index (χ3n) is 5.31. The first-order chi connectivity index (χ1) is 11.8. The molecule has 3 heterocycles. The lowest BCUT2D eigenvalue weighted by Crippen LogP contribution is -2.26. The van der Waals surface area contributed by atoms with Crippen molar-refractivity contribution in [3.05, 3.63) is 47.0 Å². The van der Waals surface area contributed by atoms with E-state index in [2.05, 4.69) is 28.6 Å². The number of pyridine rings is 1. The number of hydrogen-bond donors (Lipinski definition) is 1. The van der Waals surface area contributed by atoms with Crippen LogP contribution in [0.25, 0.3) is 0 Å². The van der Waals surface area contributed by atoms with Gasteiger partial charge in [-0.05, 0) is 49.8 Å². The Kier molecular flexibility index (Phi) is 4.63. The Hall–Kier alpha value is -1.72. The molecule has 24 heavy (non-hydrogen) atoms. The number of ether oxygens (including phenoxy) is 1. The molecule has 1 aliphatic carbocycles. The van der Waals surface area contributed by atoms with Gasteiger partial charge in [0.05, 0.1) is 11.4 Å². The van der Waals surface area contributed by atoms with E-state index in [1.807, 2.05) is 17.9 Å². The van der Waals surface area contributed by atoms with E-state index in [4.69, 9.17) is 9.72 Å². The zero-order chi connectivity index (χ0) is 16.4. The molecule has 2 aliphatic rings. The van der Waals surface area contributed by atoms with Crippen molar-refractivity contribution in [1.82, 2.24) is 20.1 Å². The second-order valence-electron chi connectivity index (χ2n) is 6.97. The third kappa shape index (κ3) is 3.23. The molecule has 1 fully saturated rings. The van der Waals surface area contributed by atoms with E-state index in [0.717, 1.165) is 38.2 Å². The van der Waals surface area contributed by atoms with Gasteiger partial charge in [0.2, 0.25) is 0 Å². The number of aromatic nitrogens is 3. The quantitative estimate of drug-likeness (QED) is 0.917. The molecule has 0 saturated carbocycles. The van der Waals surface area contributed by atoms with E-state index in [1.165, 1.54) is 36.2 Å². The van der Waals surface area contributed by atoms with Crippen LogP contribution in [0.4, 0.5) is 0 Å². The van der Waals surface area contributed by atoms with Crippen molar-refractivity contribution in [2.45, 2.75) is 44.8 Å². The van der Waals surface area contributed by atoms with E-state index in [1.54, 1.807) is 0 Å². The highest BCUT2D eigenvalue weighted by atomic mass is 16.5. The summed E-state index contributed by atoms with van der Waals surface area (Å²) in [5, 5.41) is 7.86. The standard InChI is InChI=1S/C19H26N4O/c1-23-18(8-10-21-23)19-15(9-11-24-19)12-20-13-16-7-6-14-4-2-3-5-17(14)22-16/h6-8,10,15,19-20H,2-5,9,11-13H2,1H3/t15-,19+/m0/s1. The molecule has 1 saturated heterocycles. The molecule has 5 heteroatoms. The van der Waals surface area contributed by atoms with Gasteiger partial charge in [-0.2, -0.15) is 5.10 Å². The highest BCUT2D eigenvalue weighted by molar-refractivity contribution is 5.25. The van der Waals surface area contributed by atoms with Gasteiger partial charge in [-0.15, -0.1) is 0 Å². The predicted molar refractivity (Wildman–Crippen MR) is 92.6 cm³/mol. The molecule has 2 aromatic heterocycles. The van der Waals surface area contributed by atoms with Crippen LogP contribution in [-0.4, -0.2) is 27.9 Å². The lowest BCUT2D eigenvalue weighted by Gasteiger charge is -2.20. The molecular weight excluding hydrogens is 300 g/mol. The highest BCUT2D eigenvalue weighted by Gasteiger charge is 2.31. The Labute approximate surface area is 143 Å². The summed E-state index contributed by atoms with van der Waals surface area (Å²) in [6.07, 6.45) is 8.02. The van der Waals surface area contributed by atoms with Crippen molar-refractivity contribution >= 4 is 0 Å². The fourth-order valence-electron chi connectivity index (χ4n) is 3.94. The van der Waals surface area contributed by atoms with Crippen molar-refractivity contribution in [3.8, 4) is 0 Å². The fraction of sp³-hybridized carbons (Fsp3) is 0.579. The van der Waals surface area contributed by atoms with Gasteiger partial charge in [-0.25, -0.2) is 0 Å². The van der Waals surface area contributed by atoms with E-state index in [0.29, 0.717) is 5.92 Å². The first-order valence-corrected chi connectivity index (χ1v) is 9.09. The molecule has 0 spiro atoms. The molecule has 0 aromatic carbocycles. The average Bonchev–Trinajstić information content (AvgIpc) is 3.23. The van der Waals surface area contributed by atoms with Crippen molar-refractivity contribution in [3.63, 3.8) is 0 Å². The second-order valence-corrected chi connectivity index (χ2v) is 6.97. The summed E-state index contributed by atoms with van der Waals surface area (Å²) in [7, 11) is 1.98. The normalized spacial score (nSPS) is 23.4. The van der Waals surface area contributed by atoms with E-state index < -0.39 is 0 Å². The maximum Gasteiger partial charge on any atom is 0.103 e. The van der Waals surface area contributed by atoms with E-state index in [-0.39, 0.29) is 6.10 Å². The number of nitrogens with one attached hydrogen (secondary N) is 1. The maximum absolute atomic E-state index is 5.95. The summed E-state index contributed by atoms with van der Waals surface area (Å²) in [5.41, 5.74) is 5.10. The van der Waals surface area contributed by atoms with Crippen molar-refractivity contribution in [2.75, 3.05) is 13.2 Å². The number of aryl methyl sites for hydroxylation is 3. The largest absolute Gasteiger partial charge is 0.372 e. The number of fused-ring (bicyclic) bond motifs is 1. The summed E-state index contributed by atoms with van der Waals surface area (Å²) >= 11 is 0. The van der Waals surface area contributed by atoms with Crippen LogP contribution in [0.2, 0.25) is 0 Å². The topological polar surface area (TPSA) is 52.0 Å². The van der Waals surface area contributed by atoms with Crippen LogP contribution in [0.1, 0.15) is 48.0 Å². The molecule has 2 aromatic rings. The van der Waals surface area contributed by atoms with Gasteiger partial charge in [-0.1, -0.05) is 6.07 Å². The van der Waals surface area contributed by atoms with Crippen LogP contribution < -0.4 is 5.32 Å². The van der Waals surface area contributed by atoms with Gasteiger partial charge >= 0.3 is 0 Å². The van der Waals surface area contributed by atoms with Crippen LogP contribution in [-0.2, 0) is 31.2 Å². The first kappa shape index (κ1) is 15.8. The summed E-state index contributed by atoms with van der Waals surface area (Å²) in [5.74, 6) is 0.498. The summed E-state index contributed by atoms with van der Waals surface area (Å²) in [6.45, 7) is 2.62. The molecule has 0 radical (unpaired) electrons. The molecular formula is C19H26N4O. The van der Waals surface area contributed by atoms with Crippen LogP contribution >= 0.6 is 0 Å². The van der Waals surface area contributed by atoms with E-state index in [9.17, 15) is 0 Å². The molecule has 0 unspecified atom stereocenters. The maximum atomic E-state index is 5.95. The third-order valence-corrected chi connectivity index (χ3v) is 5.31. The summed E-state index contributed by atoms with van der Waals surface area (Å²) in [6, 6.07) is 6.52. The highest BCUT2D eigenvalue weighted by Crippen LogP contribution is 2.33. The second kappa shape index (κ2) is 7.03.